The van der Waals surface area contributed by atoms with Gasteiger partial charge in [-0.2, -0.15) is 0 Å². The van der Waals surface area contributed by atoms with E-state index in [1.165, 1.54) is 31.4 Å². The molecular weight excluding hydrogens is 757 g/mol. The first-order valence-corrected chi connectivity index (χ1v) is 20.6. The zero-order valence-electron chi connectivity index (χ0n) is 34.2. The van der Waals surface area contributed by atoms with E-state index in [2.05, 4.69) is 22.8 Å². The Morgan fingerprint density at radius 2 is 1.83 bits per heavy atom. The van der Waals surface area contributed by atoms with Crippen LogP contribution in [0.2, 0.25) is 0 Å². The summed E-state index contributed by atoms with van der Waals surface area (Å²) in [6, 6.07) is 16.2. The first-order valence-electron chi connectivity index (χ1n) is 20.6. The van der Waals surface area contributed by atoms with Crippen molar-refractivity contribution >= 4 is 17.5 Å². The summed E-state index contributed by atoms with van der Waals surface area (Å²) in [6.07, 6.45) is 8.53. The topological polar surface area (TPSA) is 175 Å². The molecule has 1 aromatic heterocycles. The van der Waals surface area contributed by atoms with E-state index in [-0.39, 0.29) is 68.6 Å². The Bertz CT molecular complexity index is 1990. The first-order chi connectivity index (χ1) is 28.7. The molecule has 6 rings (SSSR count). The minimum Gasteiger partial charge on any atom is -0.487 e. The van der Waals surface area contributed by atoms with Gasteiger partial charge in [-0.25, -0.2) is 4.79 Å². The molecule has 1 saturated carbocycles. The Balaban J connectivity index is 1.52. The molecule has 6 atom stereocenters. The Labute approximate surface area is 345 Å². The highest BCUT2D eigenvalue weighted by Gasteiger charge is 2.65. The van der Waals surface area contributed by atoms with Gasteiger partial charge < -0.3 is 34.0 Å². The predicted octanol–water partition coefficient (Wildman–Crippen LogP) is 8.05. The first kappa shape index (κ1) is 43.3. The van der Waals surface area contributed by atoms with Gasteiger partial charge in [0.25, 0.3) is 5.69 Å². The number of nitro benzene ring substituents is 1. The lowest BCUT2D eigenvalue weighted by molar-refractivity contribution is -0.384. The summed E-state index contributed by atoms with van der Waals surface area (Å²) in [6.45, 7) is 8.70. The van der Waals surface area contributed by atoms with Crippen molar-refractivity contribution in [1.82, 2.24) is 9.88 Å². The number of allylic oxidation sites excluding steroid dienone is 1. The highest BCUT2D eigenvalue weighted by molar-refractivity contribution is 6.03. The molecule has 0 saturated heterocycles. The highest BCUT2D eigenvalue weighted by Crippen LogP contribution is 2.62. The lowest BCUT2D eigenvalue weighted by Crippen LogP contribution is -2.70. The number of pyridine rings is 1. The Kier molecular flexibility index (Phi) is 14.7. The number of aliphatic hydroxyl groups is 2. The molecule has 14 nitrogen and oxygen atoms in total. The van der Waals surface area contributed by atoms with Gasteiger partial charge in [0.1, 0.15) is 37.0 Å². The maximum absolute atomic E-state index is 14.4. The Hall–Kier alpha value is -5.31. The number of hydrogen-bond acceptors (Lipinski definition) is 12. The number of benzene rings is 2. The average molecular weight is 813 g/mol. The fraction of sp³-hybridized carbons (Fsp3) is 0.489. The number of nitro groups is 1. The van der Waals surface area contributed by atoms with Crippen molar-refractivity contribution in [2.75, 3.05) is 33.5 Å². The van der Waals surface area contributed by atoms with E-state index in [4.69, 9.17) is 23.8 Å². The van der Waals surface area contributed by atoms with Crippen molar-refractivity contribution in [3.63, 3.8) is 0 Å². The normalized spacial score (nSPS) is 23.6. The van der Waals surface area contributed by atoms with E-state index in [9.17, 15) is 25.1 Å². The zero-order chi connectivity index (χ0) is 41.9. The minimum absolute atomic E-state index is 0.0336. The molecular formula is C45H56N4O10. The molecule has 2 aromatic carbocycles. The zero-order valence-corrected chi connectivity index (χ0v) is 34.2. The number of fused-ring (bicyclic) bond motifs is 2. The van der Waals surface area contributed by atoms with Crippen LogP contribution in [0.15, 0.2) is 90.1 Å². The largest absolute Gasteiger partial charge is 0.487 e. The third kappa shape index (κ3) is 9.61. The molecule has 1 fully saturated rings. The fourth-order valence-electron chi connectivity index (χ4n) is 9.10. The van der Waals surface area contributed by atoms with Gasteiger partial charge in [0, 0.05) is 55.5 Å². The molecule has 0 unspecified atom stereocenters. The fourth-order valence-corrected chi connectivity index (χ4v) is 9.10. The molecule has 3 aliphatic rings. The summed E-state index contributed by atoms with van der Waals surface area (Å²) in [5.74, 6) is -0.710. The van der Waals surface area contributed by atoms with Crippen LogP contribution in [0.3, 0.4) is 0 Å². The van der Waals surface area contributed by atoms with Crippen molar-refractivity contribution in [2.24, 2.45) is 22.9 Å². The number of aliphatic hydroxyl groups excluding tert-OH is 2. The number of carbonyl (C=O) groups is 1. The number of unbranched alkanes of at least 4 members (excludes halogenated alkanes) is 2. The van der Waals surface area contributed by atoms with E-state index in [0.29, 0.717) is 36.5 Å². The van der Waals surface area contributed by atoms with Gasteiger partial charge in [-0.3, -0.25) is 20.0 Å². The molecule has 14 heteroatoms. The van der Waals surface area contributed by atoms with Crippen LogP contribution in [0.5, 0.6) is 17.2 Å². The third-order valence-corrected chi connectivity index (χ3v) is 11.5. The van der Waals surface area contributed by atoms with Gasteiger partial charge in [0.2, 0.25) is 5.79 Å². The summed E-state index contributed by atoms with van der Waals surface area (Å²) in [7, 11) is 1.50. The van der Waals surface area contributed by atoms with Crippen molar-refractivity contribution in [3.05, 3.63) is 112 Å². The molecule has 316 valence electrons. The number of aromatic nitrogens is 1. The lowest BCUT2D eigenvalue weighted by atomic mass is 9.55. The van der Waals surface area contributed by atoms with E-state index in [1.807, 2.05) is 50.2 Å². The van der Waals surface area contributed by atoms with E-state index in [1.54, 1.807) is 11.0 Å². The lowest BCUT2D eigenvalue weighted by Gasteiger charge is -2.59. The summed E-state index contributed by atoms with van der Waals surface area (Å²) >= 11 is 0. The van der Waals surface area contributed by atoms with E-state index in [0.717, 1.165) is 48.2 Å². The van der Waals surface area contributed by atoms with Crippen molar-refractivity contribution in [2.45, 2.75) is 89.6 Å². The molecule has 3 aromatic rings. The van der Waals surface area contributed by atoms with Crippen LogP contribution in [-0.4, -0.2) is 82.1 Å². The van der Waals surface area contributed by atoms with Crippen LogP contribution < -0.4 is 14.2 Å². The average Bonchev–Trinajstić information content (AvgIpc) is 3.23. The smallest absolute Gasteiger partial charge is 0.415 e. The number of ether oxygens (including phenoxy) is 4. The summed E-state index contributed by atoms with van der Waals surface area (Å²) in [5.41, 5.74) is 4.07. The van der Waals surface area contributed by atoms with Crippen molar-refractivity contribution in [3.8, 4) is 17.2 Å². The van der Waals surface area contributed by atoms with E-state index < -0.39 is 28.8 Å². The van der Waals surface area contributed by atoms with Gasteiger partial charge in [-0.05, 0) is 98.9 Å². The molecule has 59 heavy (non-hydrogen) atoms. The Morgan fingerprint density at radius 3 is 2.51 bits per heavy atom. The Morgan fingerprint density at radius 1 is 1.08 bits per heavy atom. The quantitative estimate of drug-likeness (QED) is 0.0489. The van der Waals surface area contributed by atoms with Gasteiger partial charge in [-0.1, -0.05) is 43.1 Å². The summed E-state index contributed by atoms with van der Waals surface area (Å²) in [5, 5.41) is 35.7. The molecule has 0 spiro atoms. The molecule has 0 bridgehead atoms. The van der Waals surface area contributed by atoms with E-state index >= 15 is 0 Å². The van der Waals surface area contributed by atoms with Crippen molar-refractivity contribution < 1.29 is 43.7 Å². The summed E-state index contributed by atoms with van der Waals surface area (Å²) < 4.78 is 26.5. The second kappa shape index (κ2) is 20.1. The van der Waals surface area contributed by atoms with Crippen LogP contribution in [0.1, 0.15) is 81.2 Å². The molecule has 2 N–H and O–H groups in total. The van der Waals surface area contributed by atoms with Crippen LogP contribution in [0.4, 0.5) is 10.5 Å². The van der Waals surface area contributed by atoms with Crippen LogP contribution >= 0.6 is 0 Å². The minimum atomic E-state index is -1.47. The highest BCUT2D eigenvalue weighted by atomic mass is 16.7. The monoisotopic (exact) mass is 812 g/mol. The number of rotatable bonds is 20. The van der Waals surface area contributed by atoms with Gasteiger partial charge >= 0.3 is 6.09 Å². The predicted molar refractivity (Wildman–Crippen MR) is 221 cm³/mol. The second-order valence-electron chi connectivity index (χ2n) is 15.3. The molecule has 2 aliphatic carbocycles. The van der Waals surface area contributed by atoms with Crippen molar-refractivity contribution in [1.29, 1.82) is 0 Å². The third-order valence-electron chi connectivity index (χ3n) is 11.5. The van der Waals surface area contributed by atoms with Gasteiger partial charge in [-0.15, -0.1) is 6.58 Å². The van der Waals surface area contributed by atoms with Crippen LogP contribution in [0, 0.1) is 34.8 Å². The second-order valence-corrected chi connectivity index (χ2v) is 15.3. The molecule has 1 aliphatic heterocycles. The number of aryl methyl sites for hydroxylation is 1. The molecule has 0 radical (unpaired) electrons. The maximum atomic E-state index is 14.4. The number of non-ortho nitro benzene ring substituents is 1. The number of oxime groups is 1. The summed E-state index contributed by atoms with van der Waals surface area (Å²) in [4.78, 5) is 37.0. The number of carbonyl (C=O) groups excluding carboxylic acids is 1. The number of hydrogen-bond donors (Lipinski definition) is 2. The maximum Gasteiger partial charge on any atom is 0.415 e. The van der Waals surface area contributed by atoms with Gasteiger partial charge in [0.05, 0.1) is 28.9 Å². The van der Waals surface area contributed by atoms with Crippen LogP contribution in [0.25, 0.3) is 0 Å². The number of nitrogens with zero attached hydrogens (tertiary/aromatic N) is 4. The van der Waals surface area contributed by atoms with Crippen LogP contribution in [-0.2, 0) is 16.2 Å². The molecule has 1 amide bonds. The van der Waals surface area contributed by atoms with Gasteiger partial charge in [0.15, 0.2) is 0 Å². The SMILES string of the molecule is C=CCO[C@@]12Oc3ccc(OCc4cccc(C)n4)cc3[C@H]3[C@H](CCCCO)[C@@H](CCCCO)C=C(C(=NOC)C[C@@H]1N(CCC)C(=O)Oc1ccc([N+](=O)[O-])cc1)[C@H]32. The number of amides is 1. The molecule has 2 heterocycles. The standard InChI is InChI=1S/C45H56N4O10/c1-5-22-48(44(52)58-34-18-16-33(17-19-34)49(53)54)41-28-39(47-55-4)37-26-31(13-7-9-23-50)36(15-8-10-24-51)42-38-27-35(56-29-32-14-11-12-30(3)46-32)20-21-40(38)59-45(41,43(37)42)57-25-6-2/h6,11-12,14,16-21,26-27,31,36,41-43,50-51H,2,5,7-10,13,15,22-25,28-29H2,1,3-4H3/t31-,36+,41-,42+,43+,45+/m0/s1.